The van der Waals surface area contributed by atoms with Crippen molar-refractivity contribution in [1.29, 1.82) is 0 Å². The Bertz CT molecular complexity index is 323. The minimum absolute atomic E-state index is 0.757. The monoisotopic (exact) mass is 221 g/mol. The first-order valence-electron chi connectivity index (χ1n) is 5.89. The fraction of sp³-hybridized carbons (Fsp3) is 0.538. The number of ether oxygens (including phenoxy) is 2. The van der Waals surface area contributed by atoms with Crippen molar-refractivity contribution in [3.63, 3.8) is 0 Å². The van der Waals surface area contributed by atoms with Gasteiger partial charge in [0.2, 0.25) is 0 Å². The molecule has 1 aliphatic rings. The molecule has 0 atom stereocenters. The molecule has 0 heterocycles. The van der Waals surface area contributed by atoms with Gasteiger partial charge in [-0.15, -0.1) is 0 Å². The van der Waals surface area contributed by atoms with E-state index in [1.807, 2.05) is 24.3 Å². The van der Waals surface area contributed by atoms with Crippen molar-refractivity contribution in [3.05, 3.63) is 24.3 Å². The van der Waals surface area contributed by atoms with Crippen LogP contribution in [-0.2, 0) is 0 Å². The number of methoxy groups -OCH3 is 1. The van der Waals surface area contributed by atoms with Crippen LogP contribution in [0.2, 0.25) is 0 Å². The Morgan fingerprint density at radius 1 is 1.31 bits per heavy atom. The highest BCUT2D eigenvalue weighted by Crippen LogP contribution is 2.19. The second kappa shape index (κ2) is 5.75. The van der Waals surface area contributed by atoms with Crippen LogP contribution in [0.3, 0.4) is 0 Å². The van der Waals surface area contributed by atoms with Crippen molar-refractivity contribution in [1.82, 2.24) is 5.32 Å². The molecule has 0 bridgehead atoms. The number of benzene rings is 1. The lowest BCUT2D eigenvalue weighted by Crippen LogP contribution is -2.19. The lowest BCUT2D eigenvalue weighted by Gasteiger charge is -2.07. The first-order chi connectivity index (χ1) is 7.88. The third-order valence-corrected chi connectivity index (χ3v) is 2.64. The third kappa shape index (κ3) is 3.74. The van der Waals surface area contributed by atoms with Crippen LogP contribution in [0.25, 0.3) is 0 Å². The predicted molar refractivity (Wildman–Crippen MR) is 64.1 cm³/mol. The largest absolute Gasteiger partial charge is 0.497 e. The van der Waals surface area contributed by atoms with Crippen molar-refractivity contribution in [2.24, 2.45) is 0 Å². The second-order valence-electron chi connectivity index (χ2n) is 4.11. The summed E-state index contributed by atoms with van der Waals surface area (Å²) in [5.41, 5.74) is 0. The molecule has 0 aliphatic heterocycles. The van der Waals surface area contributed by atoms with E-state index < -0.39 is 0 Å². The smallest absolute Gasteiger partial charge is 0.122 e. The summed E-state index contributed by atoms with van der Waals surface area (Å²) in [6.45, 7) is 1.81. The van der Waals surface area contributed by atoms with Crippen molar-refractivity contribution >= 4 is 0 Å². The summed E-state index contributed by atoms with van der Waals surface area (Å²) >= 11 is 0. The molecule has 1 saturated carbocycles. The Balaban J connectivity index is 1.63. The third-order valence-electron chi connectivity index (χ3n) is 2.64. The molecule has 3 heteroatoms. The van der Waals surface area contributed by atoms with Gasteiger partial charge in [-0.2, -0.15) is 0 Å². The molecular weight excluding hydrogens is 202 g/mol. The van der Waals surface area contributed by atoms with Crippen molar-refractivity contribution in [2.75, 3.05) is 20.3 Å². The topological polar surface area (TPSA) is 30.5 Å². The first kappa shape index (κ1) is 11.3. The van der Waals surface area contributed by atoms with E-state index in [9.17, 15) is 0 Å². The van der Waals surface area contributed by atoms with Gasteiger partial charge in [0.05, 0.1) is 13.7 Å². The van der Waals surface area contributed by atoms with E-state index in [0.29, 0.717) is 0 Å². The maximum Gasteiger partial charge on any atom is 0.122 e. The standard InChI is InChI=1S/C13H19NO2/c1-15-12-4-2-5-13(10-12)16-9-3-8-14-11-6-7-11/h2,4-5,10-11,14H,3,6-9H2,1H3. The molecule has 1 N–H and O–H groups in total. The molecule has 0 radical (unpaired) electrons. The molecule has 0 amide bonds. The van der Waals surface area contributed by atoms with Gasteiger partial charge in [-0.1, -0.05) is 6.07 Å². The van der Waals surface area contributed by atoms with Gasteiger partial charge in [0.25, 0.3) is 0 Å². The van der Waals surface area contributed by atoms with Crippen molar-refractivity contribution < 1.29 is 9.47 Å². The highest BCUT2D eigenvalue weighted by atomic mass is 16.5. The van der Waals surface area contributed by atoms with Crippen LogP contribution in [0.15, 0.2) is 24.3 Å². The number of hydrogen-bond donors (Lipinski definition) is 1. The SMILES string of the molecule is COc1cccc(OCCCNC2CC2)c1. The zero-order valence-corrected chi connectivity index (χ0v) is 9.74. The van der Waals surface area contributed by atoms with Gasteiger partial charge < -0.3 is 14.8 Å². The Morgan fingerprint density at radius 2 is 2.12 bits per heavy atom. The van der Waals surface area contributed by atoms with Crippen LogP contribution in [-0.4, -0.2) is 26.3 Å². The molecule has 2 rings (SSSR count). The fourth-order valence-electron chi connectivity index (χ4n) is 1.55. The summed E-state index contributed by atoms with van der Waals surface area (Å²) in [5.74, 6) is 1.72. The van der Waals surface area contributed by atoms with Gasteiger partial charge in [-0.25, -0.2) is 0 Å². The summed E-state index contributed by atoms with van der Waals surface area (Å²) in [6.07, 6.45) is 3.74. The van der Waals surface area contributed by atoms with E-state index in [1.165, 1.54) is 12.8 Å². The second-order valence-corrected chi connectivity index (χ2v) is 4.11. The van der Waals surface area contributed by atoms with E-state index in [-0.39, 0.29) is 0 Å². The summed E-state index contributed by atoms with van der Waals surface area (Å²) in [4.78, 5) is 0. The minimum Gasteiger partial charge on any atom is -0.497 e. The molecule has 16 heavy (non-hydrogen) atoms. The van der Waals surface area contributed by atoms with Gasteiger partial charge in [0, 0.05) is 12.1 Å². The van der Waals surface area contributed by atoms with Crippen LogP contribution in [0.1, 0.15) is 19.3 Å². The number of nitrogens with one attached hydrogen (secondary N) is 1. The Morgan fingerprint density at radius 3 is 2.88 bits per heavy atom. The van der Waals surface area contributed by atoms with Crippen LogP contribution < -0.4 is 14.8 Å². The van der Waals surface area contributed by atoms with Crippen molar-refractivity contribution in [2.45, 2.75) is 25.3 Å². The highest BCUT2D eigenvalue weighted by Gasteiger charge is 2.19. The average Bonchev–Trinajstić information content (AvgIpc) is 3.13. The molecule has 1 aromatic carbocycles. The Hall–Kier alpha value is -1.22. The molecular formula is C13H19NO2. The van der Waals surface area contributed by atoms with Gasteiger partial charge in [0.1, 0.15) is 11.5 Å². The quantitative estimate of drug-likeness (QED) is 0.716. The molecule has 0 aromatic heterocycles. The Kier molecular flexibility index (Phi) is 4.05. The predicted octanol–water partition coefficient (Wildman–Crippen LogP) is 2.22. The zero-order chi connectivity index (χ0) is 11.2. The molecule has 0 saturated heterocycles. The highest BCUT2D eigenvalue weighted by molar-refractivity contribution is 5.32. The van der Waals surface area contributed by atoms with Gasteiger partial charge >= 0.3 is 0 Å². The molecule has 0 unspecified atom stereocenters. The van der Waals surface area contributed by atoms with Crippen LogP contribution >= 0.6 is 0 Å². The first-order valence-corrected chi connectivity index (χ1v) is 5.89. The summed E-state index contributed by atoms with van der Waals surface area (Å²) < 4.78 is 10.8. The average molecular weight is 221 g/mol. The Labute approximate surface area is 96.8 Å². The lowest BCUT2D eigenvalue weighted by molar-refractivity contribution is 0.305. The maximum absolute atomic E-state index is 5.63. The lowest BCUT2D eigenvalue weighted by atomic mass is 10.3. The normalized spacial score (nSPS) is 14.8. The van der Waals surface area contributed by atoms with E-state index in [4.69, 9.17) is 9.47 Å². The van der Waals surface area contributed by atoms with Crippen LogP contribution in [0.4, 0.5) is 0 Å². The van der Waals surface area contributed by atoms with Gasteiger partial charge in [-0.3, -0.25) is 0 Å². The molecule has 1 fully saturated rings. The van der Waals surface area contributed by atoms with Gasteiger partial charge in [0.15, 0.2) is 0 Å². The summed E-state index contributed by atoms with van der Waals surface area (Å²) in [5, 5.41) is 3.46. The van der Waals surface area contributed by atoms with Crippen molar-refractivity contribution in [3.8, 4) is 11.5 Å². The minimum atomic E-state index is 0.757. The number of hydrogen-bond acceptors (Lipinski definition) is 3. The van der Waals surface area contributed by atoms with Gasteiger partial charge in [-0.05, 0) is 37.9 Å². The van der Waals surface area contributed by atoms with E-state index in [2.05, 4.69) is 5.32 Å². The number of rotatable bonds is 7. The van der Waals surface area contributed by atoms with Crippen LogP contribution in [0, 0.1) is 0 Å². The summed E-state index contributed by atoms with van der Waals surface area (Å²) in [6, 6.07) is 8.51. The molecule has 1 aromatic rings. The molecule has 3 nitrogen and oxygen atoms in total. The molecule has 0 spiro atoms. The summed E-state index contributed by atoms with van der Waals surface area (Å²) in [7, 11) is 1.67. The molecule has 1 aliphatic carbocycles. The maximum atomic E-state index is 5.63. The molecule has 88 valence electrons. The van der Waals surface area contributed by atoms with Crippen LogP contribution in [0.5, 0.6) is 11.5 Å². The fourth-order valence-corrected chi connectivity index (χ4v) is 1.55. The van der Waals surface area contributed by atoms with E-state index >= 15 is 0 Å². The zero-order valence-electron chi connectivity index (χ0n) is 9.74. The van der Waals surface area contributed by atoms with E-state index in [1.54, 1.807) is 7.11 Å². The van der Waals surface area contributed by atoms with E-state index in [0.717, 1.165) is 37.1 Å².